The summed E-state index contributed by atoms with van der Waals surface area (Å²) < 4.78 is 1.55. The molecule has 2 unspecified atom stereocenters. The molecule has 4 nitrogen and oxygen atoms in total. The summed E-state index contributed by atoms with van der Waals surface area (Å²) in [5.41, 5.74) is 2.37. The second-order valence-corrected chi connectivity index (χ2v) is 5.02. The maximum atomic E-state index is 12.0. The average Bonchev–Trinajstić information content (AvgIpc) is 2.48. The van der Waals surface area contributed by atoms with Crippen molar-refractivity contribution in [3.05, 3.63) is 69.6 Å². The lowest BCUT2D eigenvalue weighted by molar-refractivity contribution is 0.112. The van der Waals surface area contributed by atoms with E-state index in [0.29, 0.717) is 12.0 Å². The van der Waals surface area contributed by atoms with Crippen LogP contribution in [0.2, 0.25) is 0 Å². The number of benzene rings is 1. The number of fused-ring (bicyclic) bond motifs is 1. The Morgan fingerprint density at radius 1 is 1.30 bits per heavy atom. The molecule has 0 bridgehead atoms. The van der Waals surface area contributed by atoms with Crippen LogP contribution in [-0.2, 0) is 6.42 Å². The molecule has 1 N–H and O–H groups in total. The quantitative estimate of drug-likeness (QED) is 0.853. The normalized spacial score (nSPS) is 21.0. The van der Waals surface area contributed by atoms with Crippen molar-refractivity contribution in [3.8, 4) is 6.07 Å². The van der Waals surface area contributed by atoms with Crippen molar-refractivity contribution >= 4 is 0 Å². The van der Waals surface area contributed by atoms with E-state index in [9.17, 15) is 9.90 Å². The van der Waals surface area contributed by atoms with Gasteiger partial charge in [0.1, 0.15) is 0 Å². The van der Waals surface area contributed by atoms with Gasteiger partial charge in [-0.25, -0.2) is 0 Å². The lowest BCUT2D eigenvalue weighted by Crippen LogP contribution is -2.36. The van der Waals surface area contributed by atoms with Gasteiger partial charge in [-0.15, -0.1) is 0 Å². The summed E-state index contributed by atoms with van der Waals surface area (Å²) in [6.07, 6.45) is 2.45. The molecule has 2 atom stereocenters. The van der Waals surface area contributed by atoms with E-state index in [4.69, 9.17) is 5.26 Å². The van der Waals surface area contributed by atoms with Gasteiger partial charge in [0.15, 0.2) is 0 Å². The Hall–Kier alpha value is -2.38. The highest BCUT2D eigenvalue weighted by Crippen LogP contribution is 2.32. The summed E-state index contributed by atoms with van der Waals surface area (Å²) in [6, 6.07) is 12.1. The fraction of sp³-hybridized carbons (Fsp3) is 0.250. The molecule has 0 saturated heterocycles. The summed E-state index contributed by atoms with van der Waals surface area (Å²) in [6.45, 7) is 0. The van der Waals surface area contributed by atoms with Gasteiger partial charge in [-0.3, -0.25) is 4.79 Å². The third kappa shape index (κ3) is 2.02. The lowest BCUT2D eigenvalue weighted by atomic mass is 9.84. The summed E-state index contributed by atoms with van der Waals surface area (Å²) in [4.78, 5) is 12.0. The van der Waals surface area contributed by atoms with Gasteiger partial charge in [-0.05, 0) is 42.2 Å². The van der Waals surface area contributed by atoms with E-state index in [-0.39, 0.29) is 5.56 Å². The predicted octanol–water partition coefficient (Wildman–Crippen LogP) is 1.62. The SMILES string of the molecule is N#Cc1ccc2c(c1)C(n1ccccc1=O)C(O)CC2. The minimum Gasteiger partial charge on any atom is -0.391 e. The van der Waals surface area contributed by atoms with Crippen LogP contribution in [0, 0.1) is 11.3 Å². The highest BCUT2D eigenvalue weighted by atomic mass is 16.3. The predicted molar refractivity (Wildman–Crippen MR) is 74.3 cm³/mol. The van der Waals surface area contributed by atoms with E-state index in [0.717, 1.165) is 17.5 Å². The van der Waals surface area contributed by atoms with Crippen LogP contribution in [0.4, 0.5) is 0 Å². The lowest BCUT2D eigenvalue weighted by Gasteiger charge is -2.31. The monoisotopic (exact) mass is 266 g/mol. The molecule has 0 aliphatic heterocycles. The standard InChI is InChI=1S/C16H14N2O2/c17-10-11-4-5-12-6-7-14(19)16(13(12)9-11)18-8-2-1-3-15(18)20/h1-5,8-9,14,16,19H,6-7H2. The Balaban J connectivity index is 2.20. The molecule has 0 radical (unpaired) electrons. The van der Waals surface area contributed by atoms with E-state index < -0.39 is 12.1 Å². The molecule has 100 valence electrons. The minimum absolute atomic E-state index is 0.147. The van der Waals surface area contributed by atoms with Crippen LogP contribution in [0.1, 0.15) is 29.2 Å². The third-order valence-electron chi connectivity index (χ3n) is 3.82. The van der Waals surface area contributed by atoms with Crippen LogP contribution >= 0.6 is 0 Å². The van der Waals surface area contributed by atoms with Gasteiger partial charge in [-0.1, -0.05) is 12.1 Å². The summed E-state index contributed by atoms with van der Waals surface area (Å²) in [5.74, 6) is 0. The Labute approximate surface area is 116 Å². The number of aliphatic hydroxyl groups excluding tert-OH is 1. The molecule has 2 aromatic rings. The first kappa shape index (κ1) is 12.6. The first-order valence-electron chi connectivity index (χ1n) is 6.59. The zero-order chi connectivity index (χ0) is 14.1. The smallest absolute Gasteiger partial charge is 0.251 e. The topological polar surface area (TPSA) is 66.0 Å². The molecular formula is C16H14N2O2. The van der Waals surface area contributed by atoms with Crippen LogP contribution in [0.25, 0.3) is 0 Å². The molecule has 1 aliphatic rings. The van der Waals surface area contributed by atoms with Crippen molar-refractivity contribution < 1.29 is 5.11 Å². The second kappa shape index (κ2) is 4.95. The average molecular weight is 266 g/mol. The molecule has 0 spiro atoms. The number of rotatable bonds is 1. The number of nitrogens with zero attached hydrogens (tertiary/aromatic N) is 2. The van der Waals surface area contributed by atoms with Crippen molar-refractivity contribution in [3.63, 3.8) is 0 Å². The van der Waals surface area contributed by atoms with Crippen LogP contribution in [0.15, 0.2) is 47.4 Å². The molecule has 1 heterocycles. The van der Waals surface area contributed by atoms with Gasteiger partial charge in [0, 0.05) is 12.3 Å². The zero-order valence-electron chi connectivity index (χ0n) is 10.9. The molecular weight excluding hydrogens is 252 g/mol. The van der Waals surface area contributed by atoms with E-state index in [2.05, 4.69) is 6.07 Å². The minimum atomic E-state index is -0.614. The van der Waals surface area contributed by atoms with Crippen LogP contribution in [0.3, 0.4) is 0 Å². The van der Waals surface area contributed by atoms with Crippen LogP contribution in [-0.4, -0.2) is 15.8 Å². The second-order valence-electron chi connectivity index (χ2n) is 5.02. The molecule has 20 heavy (non-hydrogen) atoms. The van der Waals surface area contributed by atoms with Crippen molar-refractivity contribution in [1.29, 1.82) is 5.26 Å². The maximum absolute atomic E-state index is 12.0. The van der Waals surface area contributed by atoms with Crippen molar-refractivity contribution in [1.82, 2.24) is 4.57 Å². The fourth-order valence-electron chi connectivity index (χ4n) is 2.84. The molecule has 0 saturated carbocycles. The molecule has 4 heteroatoms. The molecule has 1 aliphatic carbocycles. The van der Waals surface area contributed by atoms with Crippen LogP contribution in [0.5, 0.6) is 0 Å². The number of pyridine rings is 1. The first-order valence-corrected chi connectivity index (χ1v) is 6.59. The van der Waals surface area contributed by atoms with Gasteiger partial charge >= 0.3 is 0 Å². The number of aliphatic hydroxyl groups is 1. The Kier molecular flexibility index (Phi) is 3.13. The van der Waals surface area contributed by atoms with E-state index in [1.807, 2.05) is 6.07 Å². The van der Waals surface area contributed by atoms with E-state index in [1.165, 1.54) is 6.07 Å². The van der Waals surface area contributed by atoms with Crippen molar-refractivity contribution in [2.45, 2.75) is 25.0 Å². The number of hydrogen-bond donors (Lipinski definition) is 1. The van der Waals surface area contributed by atoms with E-state index in [1.54, 1.807) is 35.0 Å². The zero-order valence-corrected chi connectivity index (χ0v) is 10.9. The van der Waals surface area contributed by atoms with Gasteiger partial charge in [0.05, 0.1) is 23.8 Å². The number of hydrogen-bond acceptors (Lipinski definition) is 3. The van der Waals surface area contributed by atoms with E-state index >= 15 is 0 Å². The largest absolute Gasteiger partial charge is 0.391 e. The third-order valence-corrected chi connectivity index (χ3v) is 3.82. The van der Waals surface area contributed by atoms with Gasteiger partial charge in [-0.2, -0.15) is 5.26 Å². The van der Waals surface area contributed by atoms with Gasteiger partial charge in [0.2, 0.25) is 0 Å². The summed E-state index contributed by atoms with van der Waals surface area (Å²) >= 11 is 0. The highest BCUT2D eigenvalue weighted by Gasteiger charge is 2.30. The molecule has 0 amide bonds. The molecule has 0 fully saturated rings. The Bertz CT molecular complexity index is 743. The number of aromatic nitrogens is 1. The molecule has 1 aromatic heterocycles. The summed E-state index contributed by atoms with van der Waals surface area (Å²) in [7, 11) is 0. The van der Waals surface area contributed by atoms with Crippen LogP contribution < -0.4 is 5.56 Å². The maximum Gasteiger partial charge on any atom is 0.251 e. The van der Waals surface area contributed by atoms with Crippen molar-refractivity contribution in [2.75, 3.05) is 0 Å². The molecule has 3 rings (SSSR count). The summed E-state index contributed by atoms with van der Waals surface area (Å²) in [5, 5.41) is 19.4. The highest BCUT2D eigenvalue weighted by molar-refractivity contribution is 5.42. The molecule has 1 aromatic carbocycles. The van der Waals surface area contributed by atoms with Gasteiger partial charge < -0.3 is 9.67 Å². The Morgan fingerprint density at radius 2 is 2.15 bits per heavy atom. The number of nitriles is 1. The Morgan fingerprint density at radius 3 is 2.90 bits per heavy atom. The number of aryl methyl sites for hydroxylation is 1. The fourth-order valence-corrected chi connectivity index (χ4v) is 2.84. The first-order chi connectivity index (χ1) is 9.70. The van der Waals surface area contributed by atoms with Gasteiger partial charge in [0.25, 0.3) is 5.56 Å². The van der Waals surface area contributed by atoms with Crippen molar-refractivity contribution in [2.24, 2.45) is 0 Å².